The first-order valence-corrected chi connectivity index (χ1v) is 11.7. The first-order chi connectivity index (χ1) is 15.6. The Morgan fingerprint density at radius 3 is 2.78 bits per heavy atom. The first-order valence-electron chi connectivity index (χ1n) is 10.9. The number of aromatic nitrogens is 6. The van der Waals surface area contributed by atoms with Crippen LogP contribution in [0.3, 0.4) is 0 Å². The predicted octanol–water partition coefficient (Wildman–Crippen LogP) is 5.13. The number of pyridine rings is 2. The molecule has 5 aromatic heterocycles. The minimum Gasteiger partial charge on any atom is -0.376 e. The second-order valence-corrected chi connectivity index (χ2v) is 9.61. The van der Waals surface area contributed by atoms with Gasteiger partial charge in [0.25, 0.3) is 0 Å². The summed E-state index contributed by atoms with van der Waals surface area (Å²) in [5.74, 6) is 0.602. The molecule has 0 N–H and O–H groups in total. The second kappa shape index (κ2) is 7.50. The van der Waals surface area contributed by atoms with E-state index in [1.54, 1.807) is 16.0 Å². The fourth-order valence-electron chi connectivity index (χ4n) is 4.63. The van der Waals surface area contributed by atoms with E-state index in [9.17, 15) is 0 Å². The van der Waals surface area contributed by atoms with Gasteiger partial charge in [0.05, 0.1) is 17.5 Å². The van der Waals surface area contributed by atoms with Gasteiger partial charge < -0.3 is 4.74 Å². The van der Waals surface area contributed by atoms with Gasteiger partial charge in [-0.25, -0.2) is 9.97 Å². The molecule has 5 aromatic rings. The lowest BCUT2D eigenvalue weighted by molar-refractivity contribution is 0.0205. The van der Waals surface area contributed by atoms with Crippen molar-refractivity contribution >= 4 is 32.6 Å². The Bertz CT molecular complexity index is 1440. The Kier molecular flexibility index (Phi) is 4.58. The lowest BCUT2D eigenvalue weighted by Crippen LogP contribution is -2.20. The zero-order valence-corrected chi connectivity index (χ0v) is 19.1. The van der Waals surface area contributed by atoms with Crippen molar-refractivity contribution in [2.45, 2.75) is 25.4 Å². The summed E-state index contributed by atoms with van der Waals surface area (Å²) in [4.78, 5) is 11.9. The van der Waals surface area contributed by atoms with Crippen molar-refractivity contribution in [2.24, 2.45) is 20.0 Å². The van der Waals surface area contributed by atoms with E-state index in [0.29, 0.717) is 5.92 Å². The monoisotopic (exact) mass is 444 g/mol. The van der Waals surface area contributed by atoms with Crippen molar-refractivity contribution in [3.8, 4) is 22.5 Å². The minimum atomic E-state index is 0.138. The van der Waals surface area contributed by atoms with E-state index in [1.807, 2.05) is 44.5 Å². The average Bonchev–Trinajstić information content (AvgIpc) is 3.45. The zero-order valence-electron chi connectivity index (χ0n) is 18.3. The van der Waals surface area contributed by atoms with Crippen LogP contribution in [-0.4, -0.2) is 36.6 Å². The molecule has 32 heavy (non-hydrogen) atoms. The maximum Gasteiger partial charge on any atom is 0.181 e. The Hall–Kier alpha value is -3.10. The fraction of sp³-hybridized carbons (Fsp3) is 0.333. The molecule has 6 rings (SSSR count). The highest BCUT2D eigenvalue weighted by Gasteiger charge is 2.30. The van der Waals surface area contributed by atoms with Crippen LogP contribution in [0.2, 0.25) is 0 Å². The highest BCUT2D eigenvalue weighted by atomic mass is 32.1. The van der Waals surface area contributed by atoms with Crippen LogP contribution < -0.4 is 0 Å². The van der Waals surface area contributed by atoms with Crippen LogP contribution in [0.1, 0.15) is 30.2 Å². The first kappa shape index (κ1) is 19.6. The molecule has 8 heteroatoms. The van der Waals surface area contributed by atoms with Crippen LogP contribution in [0, 0.1) is 5.92 Å². The van der Waals surface area contributed by atoms with Gasteiger partial charge in [-0.3, -0.25) is 9.36 Å². The Balaban J connectivity index is 1.55. The zero-order chi connectivity index (χ0) is 21.8. The number of aryl methyl sites for hydroxylation is 2. The summed E-state index contributed by atoms with van der Waals surface area (Å²) >= 11 is 1.74. The van der Waals surface area contributed by atoms with Gasteiger partial charge >= 0.3 is 0 Å². The molecular formula is C24H24N6OS. The van der Waals surface area contributed by atoms with Crippen molar-refractivity contribution in [1.29, 1.82) is 0 Å². The van der Waals surface area contributed by atoms with E-state index < -0.39 is 0 Å². The van der Waals surface area contributed by atoms with Crippen molar-refractivity contribution < 1.29 is 4.74 Å². The smallest absolute Gasteiger partial charge is 0.181 e. The lowest BCUT2D eigenvalue weighted by atomic mass is 9.80. The van der Waals surface area contributed by atoms with E-state index in [4.69, 9.17) is 9.72 Å². The Morgan fingerprint density at radius 2 is 2.06 bits per heavy atom. The normalized spacial score (nSPS) is 15.5. The van der Waals surface area contributed by atoms with E-state index in [1.165, 1.54) is 24.1 Å². The van der Waals surface area contributed by atoms with Crippen molar-refractivity contribution in [3.63, 3.8) is 0 Å². The summed E-state index contributed by atoms with van der Waals surface area (Å²) in [5, 5.41) is 10.9. The quantitative estimate of drug-likeness (QED) is 0.376. The van der Waals surface area contributed by atoms with Crippen LogP contribution in [0.5, 0.6) is 0 Å². The minimum absolute atomic E-state index is 0.138. The highest BCUT2D eigenvalue weighted by molar-refractivity contribution is 7.18. The third kappa shape index (κ3) is 3.13. The maximum atomic E-state index is 5.94. The Morgan fingerprint density at radius 1 is 1.19 bits per heavy atom. The molecule has 1 aliphatic rings. The van der Waals surface area contributed by atoms with Gasteiger partial charge in [0.1, 0.15) is 4.83 Å². The van der Waals surface area contributed by atoms with Crippen LogP contribution in [0.25, 0.3) is 43.8 Å². The van der Waals surface area contributed by atoms with Gasteiger partial charge in [0, 0.05) is 66.6 Å². The molecule has 1 aliphatic carbocycles. The number of methoxy groups -OCH3 is 1. The molecule has 0 aliphatic heterocycles. The summed E-state index contributed by atoms with van der Waals surface area (Å²) in [7, 11) is 5.71. The average molecular weight is 445 g/mol. The summed E-state index contributed by atoms with van der Waals surface area (Å²) < 4.78 is 9.64. The summed E-state index contributed by atoms with van der Waals surface area (Å²) in [6.07, 6.45) is 9.58. The number of rotatable bonds is 5. The summed E-state index contributed by atoms with van der Waals surface area (Å²) in [6.45, 7) is 0. The molecule has 0 amide bonds. The Labute approximate surface area is 189 Å². The van der Waals surface area contributed by atoms with Crippen molar-refractivity contribution in [1.82, 2.24) is 29.5 Å². The SMILES string of the molecule is CO[C@@H](c1cc2c(-c3ccnn3C)cc(-c3cnc4nn(C)cc4c3)nc2s1)C1CCC1. The predicted molar refractivity (Wildman–Crippen MR) is 126 cm³/mol. The number of fused-ring (bicyclic) bond motifs is 2. The molecule has 162 valence electrons. The summed E-state index contributed by atoms with van der Waals surface area (Å²) in [6, 6.07) is 8.59. The molecule has 0 unspecified atom stereocenters. The van der Waals surface area contributed by atoms with Crippen LogP contribution in [-0.2, 0) is 18.8 Å². The van der Waals surface area contributed by atoms with Gasteiger partial charge in [-0.15, -0.1) is 11.3 Å². The van der Waals surface area contributed by atoms with Crippen LogP contribution in [0.15, 0.2) is 42.9 Å². The fourth-order valence-corrected chi connectivity index (χ4v) is 5.85. The standard InChI is InChI=1S/C24H24N6OS/c1-29-13-16-9-15(12-25-23(16)28-29)19-10-17(20-7-8-26-30(20)2)18-11-21(32-24(18)27-19)22(31-3)14-5-4-6-14/h7-14,22H,4-6H2,1-3H3/t22-/m1/s1. The molecule has 1 saturated carbocycles. The molecule has 0 saturated heterocycles. The maximum absolute atomic E-state index is 5.94. The number of hydrogen-bond acceptors (Lipinski definition) is 6. The van der Waals surface area contributed by atoms with Gasteiger partial charge in [-0.2, -0.15) is 10.2 Å². The van der Waals surface area contributed by atoms with E-state index in [2.05, 4.69) is 39.4 Å². The topological polar surface area (TPSA) is 70.7 Å². The molecule has 1 fully saturated rings. The number of ether oxygens (including phenoxy) is 1. The third-order valence-corrected chi connectivity index (χ3v) is 7.59. The second-order valence-electron chi connectivity index (χ2n) is 8.55. The number of hydrogen-bond donors (Lipinski definition) is 0. The van der Waals surface area contributed by atoms with Gasteiger partial charge in [0.2, 0.25) is 0 Å². The molecular weight excluding hydrogens is 420 g/mol. The molecule has 7 nitrogen and oxygen atoms in total. The van der Waals surface area contributed by atoms with Crippen molar-refractivity contribution in [3.05, 3.63) is 47.7 Å². The molecule has 5 heterocycles. The van der Waals surface area contributed by atoms with E-state index >= 15 is 0 Å². The molecule has 0 bridgehead atoms. The number of nitrogens with zero attached hydrogens (tertiary/aromatic N) is 6. The summed E-state index contributed by atoms with van der Waals surface area (Å²) in [5.41, 5.74) is 4.82. The number of thiophene rings is 1. The molecule has 0 radical (unpaired) electrons. The lowest BCUT2D eigenvalue weighted by Gasteiger charge is -2.32. The largest absolute Gasteiger partial charge is 0.376 e. The van der Waals surface area contributed by atoms with Crippen molar-refractivity contribution in [2.75, 3.05) is 7.11 Å². The van der Waals surface area contributed by atoms with Gasteiger partial charge in [-0.05, 0) is 43.0 Å². The van der Waals surface area contributed by atoms with Crippen LogP contribution in [0.4, 0.5) is 0 Å². The highest BCUT2D eigenvalue weighted by Crippen LogP contribution is 2.45. The van der Waals surface area contributed by atoms with Gasteiger partial charge in [0.15, 0.2) is 5.65 Å². The van der Waals surface area contributed by atoms with Gasteiger partial charge in [-0.1, -0.05) is 6.42 Å². The molecule has 0 spiro atoms. The van der Waals surface area contributed by atoms with E-state index in [-0.39, 0.29) is 6.10 Å². The molecule has 0 aromatic carbocycles. The van der Waals surface area contributed by atoms with Crippen LogP contribution >= 0.6 is 11.3 Å². The van der Waals surface area contributed by atoms with E-state index in [0.717, 1.165) is 43.8 Å². The third-order valence-electron chi connectivity index (χ3n) is 6.50. The molecule has 1 atom stereocenters.